The fraction of sp³-hybridized carbons (Fsp3) is 0.154. The van der Waals surface area contributed by atoms with Crippen LogP contribution in [0, 0.1) is 0 Å². The van der Waals surface area contributed by atoms with Gasteiger partial charge in [-0.15, -0.1) is 0 Å². The summed E-state index contributed by atoms with van der Waals surface area (Å²) < 4.78 is 0.714. The third-order valence-electron chi connectivity index (χ3n) is 2.57. The van der Waals surface area contributed by atoms with Crippen molar-refractivity contribution in [2.45, 2.75) is 6.92 Å². The zero-order valence-electron chi connectivity index (χ0n) is 10.2. The Kier molecular flexibility index (Phi) is 4.50. The lowest BCUT2D eigenvalue weighted by atomic mass is 10.2. The molecule has 4 nitrogen and oxygen atoms in total. The topological polar surface area (TPSA) is 46.1 Å². The SMILES string of the molecule is CCN(C(=O)c1cc(Br)cnc1Cl)c1ccncc1. The average molecular weight is 341 g/mol. The van der Waals surface area contributed by atoms with Gasteiger partial charge in [0.1, 0.15) is 5.15 Å². The predicted molar refractivity (Wildman–Crippen MR) is 78.5 cm³/mol. The van der Waals surface area contributed by atoms with E-state index in [1.807, 2.05) is 6.92 Å². The normalized spacial score (nSPS) is 10.3. The van der Waals surface area contributed by atoms with Gasteiger partial charge in [0.05, 0.1) is 5.56 Å². The molecule has 0 bridgehead atoms. The molecule has 2 aromatic heterocycles. The molecule has 0 saturated heterocycles. The summed E-state index contributed by atoms with van der Waals surface area (Å²) in [5.41, 5.74) is 1.15. The van der Waals surface area contributed by atoms with Gasteiger partial charge in [-0.1, -0.05) is 11.6 Å². The van der Waals surface area contributed by atoms with Crippen molar-refractivity contribution >= 4 is 39.1 Å². The van der Waals surface area contributed by atoms with Crippen molar-refractivity contribution in [2.24, 2.45) is 0 Å². The van der Waals surface area contributed by atoms with Crippen LogP contribution in [0.4, 0.5) is 5.69 Å². The summed E-state index contributed by atoms with van der Waals surface area (Å²) in [4.78, 5) is 22.0. The van der Waals surface area contributed by atoms with E-state index in [0.29, 0.717) is 16.6 Å². The number of hydrogen-bond acceptors (Lipinski definition) is 3. The second-order valence-electron chi connectivity index (χ2n) is 3.75. The van der Waals surface area contributed by atoms with Gasteiger partial charge in [0.25, 0.3) is 5.91 Å². The second-order valence-corrected chi connectivity index (χ2v) is 5.02. The Bertz CT molecular complexity index is 592. The molecule has 0 unspecified atom stereocenters. The number of anilines is 1. The van der Waals surface area contributed by atoms with Gasteiger partial charge in [0, 0.05) is 35.3 Å². The number of hydrogen-bond donors (Lipinski definition) is 0. The highest BCUT2D eigenvalue weighted by molar-refractivity contribution is 9.10. The zero-order chi connectivity index (χ0) is 13.8. The van der Waals surface area contributed by atoms with E-state index in [4.69, 9.17) is 11.6 Å². The Morgan fingerprint density at radius 3 is 2.74 bits per heavy atom. The maximum absolute atomic E-state index is 12.5. The van der Waals surface area contributed by atoms with Crippen molar-refractivity contribution in [3.05, 3.63) is 52.0 Å². The number of aromatic nitrogens is 2. The molecule has 0 aliphatic heterocycles. The van der Waals surface area contributed by atoms with E-state index in [1.165, 1.54) is 0 Å². The molecule has 0 radical (unpaired) electrons. The van der Waals surface area contributed by atoms with Crippen molar-refractivity contribution in [2.75, 3.05) is 11.4 Å². The molecule has 2 aromatic rings. The maximum Gasteiger partial charge on any atom is 0.261 e. The van der Waals surface area contributed by atoms with Crippen molar-refractivity contribution in [3.63, 3.8) is 0 Å². The Morgan fingerprint density at radius 1 is 1.42 bits per heavy atom. The lowest BCUT2D eigenvalue weighted by molar-refractivity contribution is 0.0988. The van der Waals surface area contributed by atoms with Crippen LogP contribution in [0.2, 0.25) is 5.15 Å². The predicted octanol–water partition coefficient (Wildman–Crippen LogP) is 3.56. The summed E-state index contributed by atoms with van der Waals surface area (Å²) in [5.74, 6) is -0.187. The van der Waals surface area contributed by atoms with Crippen molar-refractivity contribution in [1.29, 1.82) is 0 Å². The van der Waals surface area contributed by atoms with E-state index in [-0.39, 0.29) is 11.1 Å². The summed E-state index contributed by atoms with van der Waals surface area (Å²) in [7, 11) is 0. The zero-order valence-corrected chi connectivity index (χ0v) is 12.5. The van der Waals surface area contributed by atoms with Gasteiger partial charge < -0.3 is 4.90 Å². The molecule has 0 spiro atoms. The van der Waals surface area contributed by atoms with Gasteiger partial charge in [-0.3, -0.25) is 9.78 Å². The van der Waals surface area contributed by atoms with Crippen LogP contribution >= 0.6 is 27.5 Å². The van der Waals surface area contributed by atoms with Gasteiger partial charge in [0.2, 0.25) is 0 Å². The molecular formula is C13H11BrClN3O. The van der Waals surface area contributed by atoms with E-state index in [1.54, 1.807) is 41.7 Å². The van der Waals surface area contributed by atoms with Crippen LogP contribution in [0.15, 0.2) is 41.3 Å². The molecule has 0 aliphatic rings. The van der Waals surface area contributed by atoms with Gasteiger partial charge in [-0.25, -0.2) is 4.98 Å². The molecule has 0 aliphatic carbocycles. The fourth-order valence-corrected chi connectivity index (χ4v) is 2.20. The minimum atomic E-state index is -0.187. The Morgan fingerprint density at radius 2 is 2.11 bits per heavy atom. The first-order valence-corrected chi connectivity index (χ1v) is 6.83. The lowest BCUT2D eigenvalue weighted by Crippen LogP contribution is -2.31. The second kappa shape index (κ2) is 6.12. The molecule has 0 saturated carbocycles. The standard InChI is InChI=1S/C13H11BrClN3O/c1-2-18(10-3-5-16-6-4-10)13(19)11-7-9(14)8-17-12(11)15/h3-8H,2H2,1H3. The molecule has 2 heterocycles. The summed E-state index contributed by atoms with van der Waals surface area (Å²) in [5, 5.41) is 0.195. The average Bonchev–Trinajstić information content (AvgIpc) is 2.43. The third-order valence-corrected chi connectivity index (χ3v) is 3.31. The number of nitrogens with zero attached hydrogens (tertiary/aromatic N) is 3. The van der Waals surface area contributed by atoms with Crippen LogP contribution in [0.5, 0.6) is 0 Å². The summed E-state index contributed by atoms with van der Waals surface area (Å²) in [6.07, 6.45) is 4.85. The third kappa shape index (κ3) is 3.11. The molecular weight excluding hydrogens is 330 g/mol. The number of carbonyl (C=O) groups is 1. The lowest BCUT2D eigenvalue weighted by Gasteiger charge is -2.21. The molecule has 0 N–H and O–H groups in total. The molecule has 0 atom stereocenters. The monoisotopic (exact) mass is 339 g/mol. The maximum atomic E-state index is 12.5. The first-order valence-electron chi connectivity index (χ1n) is 5.66. The van der Waals surface area contributed by atoms with E-state index in [0.717, 1.165) is 5.69 Å². The van der Waals surface area contributed by atoms with Crippen molar-refractivity contribution in [1.82, 2.24) is 9.97 Å². The van der Waals surface area contributed by atoms with E-state index < -0.39 is 0 Å². The highest BCUT2D eigenvalue weighted by atomic mass is 79.9. The minimum absolute atomic E-state index is 0.187. The molecule has 0 aromatic carbocycles. The quantitative estimate of drug-likeness (QED) is 0.803. The molecule has 2 rings (SSSR count). The van der Waals surface area contributed by atoms with Gasteiger partial charge >= 0.3 is 0 Å². The first kappa shape index (κ1) is 14.0. The van der Waals surface area contributed by atoms with E-state index >= 15 is 0 Å². The molecule has 0 fully saturated rings. The summed E-state index contributed by atoms with van der Waals surface area (Å²) in [6.45, 7) is 2.43. The van der Waals surface area contributed by atoms with Crippen LogP contribution < -0.4 is 4.90 Å². The fourth-order valence-electron chi connectivity index (χ4n) is 1.69. The number of halogens is 2. The summed E-state index contributed by atoms with van der Waals surface area (Å²) in [6, 6.07) is 5.23. The highest BCUT2D eigenvalue weighted by Crippen LogP contribution is 2.22. The van der Waals surface area contributed by atoms with Crippen LogP contribution in [-0.2, 0) is 0 Å². The van der Waals surface area contributed by atoms with Crippen LogP contribution in [0.1, 0.15) is 17.3 Å². The number of carbonyl (C=O) groups excluding carboxylic acids is 1. The Labute approximate surface area is 124 Å². The molecule has 1 amide bonds. The Hall–Kier alpha value is -1.46. The van der Waals surface area contributed by atoms with Crippen LogP contribution in [0.25, 0.3) is 0 Å². The van der Waals surface area contributed by atoms with E-state index in [2.05, 4.69) is 25.9 Å². The Balaban J connectivity index is 2.39. The van der Waals surface area contributed by atoms with E-state index in [9.17, 15) is 4.79 Å². The smallest absolute Gasteiger partial charge is 0.261 e. The molecule has 19 heavy (non-hydrogen) atoms. The minimum Gasteiger partial charge on any atom is -0.308 e. The first-order chi connectivity index (χ1) is 9.13. The molecule has 6 heteroatoms. The van der Waals surface area contributed by atoms with Crippen LogP contribution in [-0.4, -0.2) is 22.4 Å². The van der Waals surface area contributed by atoms with Gasteiger partial charge in [-0.05, 0) is 41.1 Å². The van der Waals surface area contributed by atoms with Crippen molar-refractivity contribution < 1.29 is 4.79 Å². The van der Waals surface area contributed by atoms with Gasteiger partial charge in [0.15, 0.2) is 0 Å². The number of rotatable bonds is 3. The molecule has 98 valence electrons. The largest absolute Gasteiger partial charge is 0.308 e. The van der Waals surface area contributed by atoms with Gasteiger partial charge in [-0.2, -0.15) is 0 Å². The number of pyridine rings is 2. The summed E-state index contributed by atoms with van der Waals surface area (Å²) >= 11 is 9.28. The van der Waals surface area contributed by atoms with Crippen LogP contribution in [0.3, 0.4) is 0 Å². The highest BCUT2D eigenvalue weighted by Gasteiger charge is 2.19. The number of amides is 1. The van der Waals surface area contributed by atoms with Crippen molar-refractivity contribution in [3.8, 4) is 0 Å².